The van der Waals surface area contributed by atoms with Crippen LogP contribution in [0.5, 0.6) is 0 Å². The summed E-state index contributed by atoms with van der Waals surface area (Å²) in [7, 11) is 0. The van der Waals surface area contributed by atoms with E-state index >= 15 is 0 Å². The smallest absolute Gasteiger partial charge is 0.305 e. The van der Waals surface area contributed by atoms with Gasteiger partial charge >= 0.3 is 5.97 Å². The highest BCUT2D eigenvalue weighted by Crippen LogP contribution is 2.24. The number of anilines is 1. The standard InChI is InChI=1S/C15H14N2O4/c18-15(19)10-14(11-4-2-1-3-5-11)16-12-6-8-13(9-7-12)17(20)21/h1-9,14,16H,10H2,(H,18,19)/t14-/m1/s1. The number of carbonyl (C=O) groups is 1. The number of aliphatic carboxylic acids is 1. The Kier molecular flexibility index (Phi) is 4.50. The summed E-state index contributed by atoms with van der Waals surface area (Å²) < 4.78 is 0. The summed E-state index contributed by atoms with van der Waals surface area (Å²) in [4.78, 5) is 21.1. The molecule has 108 valence electrons. The lowest BCUT2D eigenvalue weighted by molar-refractivity contribution is -0.384. The number of benzene rings is 2. The van der Waals surface area contributed by atoms with Crippen LogP contribution in [0.25, 0.3) is 0 Å². The van der Waals surface area contributed by atoms with Gasteiger partial charge in [-0.1, -0.05) is 30.3 Å². The van der Waals surface area contributed by atoms with E-state index in [-0.39, 0.29) is 12.1 Å². The van der Waals surface area contributed by atoms with Crippen molar-refractivity contribution in [1.29, 1.82) is 0 Å². The van der Waals surface area contributed by atoms with E-state index in [0.717, 1.165) is 5.56 Å². The topological polar surface area (TPSA) is 92.5 Å². The van der Waals surface area contributed by atoms with Crippen LogP contribution in [0.1, 0.15) is 18.0 Å². The van der Waals surface area contributed by atoms with Crippen molar-refractivity contribution in [3.63, 3.8) is 0 Å². The number of hydrogen-bond donors (Lipinski definition) is 2. The van der Waals surface area contributed by atoms with Crippen LogP contribution in [-0.2, 0) is 4.79 Å². The second kappa shape index (κ2) is 6.51. The first kappa shape index (κ1) is 14.5. The monoisotopic (exact) mass is 286 g/mol. The molecule has 0 amide bonds. The lowest BCUT2D eigenvalue weighted by atomic mass is 10.0. The van der Waals surface area contributed by atoms with Crippen molar-refractivity contribution >= 4 is 17.3 Å². The molecule has 6 heteroatoms. The van der Waals surface area contributed by atoms with Crippen molar-refractivity contribution in [2.45, 2.75) is 12.5 Å². The zero-order valence-electron chi connectivity index (χ0n) is 11.1. The third-order valence-electron chi connectivity index (χ3n) is 3.00. The van der Waals surface area contributed by atoms with Crippen LogP contribution in [0.2, 0.25) is 0 Å². The number of nitro benzene ring substituents is 1. The van der Waals surface area contributed by atoms with Gasteiger partial charge in [-0.2, -0.15) is 0 Å². The van der Waals surface area contributed by atoms with Crippen molar-refractivity contribution in [3.8, 4) is 0 Å². The maximum absolute atomic E-state index is 11.0. The lowest BCUT2D eigenvalue weighted by Gasteiger charge is -2.18. The first-order chi connectivity index (χ1) is 10.1. The van der Waals surface area contributed by atoms with Crippen molar-refractivity contribution < 1.29 is 14.8 Å². The molecule has 0 radical (unpaired) electrons. The van der Waals surface area contributed by atoms with Crippen LogP contribution < -0.4 is 5.32 Å². The number of carboxylic acids is 1. The van der Waals surface area contributed by atoms with E-state index in [9.17, 15) is 14.9 Å². The van der Waals surface area contributed by atoms with Gasteiger partial charge in [0.15, 0.2) is 0 Å². The molecule has 2 rings (SSSR count). The Balaban J connectivity index is 2.18. The number of non-ortho nitro benzene ring substituents is 1. The molecule has 1 atom stereocenters. The van der Waals surface area contributed by atoms with Crippen LogP contribution in [0.3, 0.4) is 0 Å². The summed E-state index contributed by atoms with van der Waals surface area (Å²) >= 11 is 0. The van der Waals surface area contributed by atoms with E-state index in [0.29, 0.717) is 5.69 Å². The third kappa shape index (κ3) is 4.04. The zero-order valence-corrected chi connectivity index (χ0v) is 11.1. The SMILES string of the molecule is O=C(O)C[C@@H](Nc1ccc([N+](=O)[O-])cc1)c1ccccc1. The van der Waals surface area contributed by atoms with Crippen LogP contribution in [0.15, 0.2) is 54.6 Å². The van der Waals surface area contributed by atoms with Crippen LogP contribution >= 0.6 is 0 Å². The molecule has 0 aliphatic heterocycles. The molecular weight excluding hydrogens is 272 g/mol. The number of hydrogen-bond acceptors (Lipinski definition) is 4. The number of nitrogens with zero attached hydrogens (tertiary/aromatic N) is 1. The Morgan fingerprint density at radius 2 is 1.76 bits per heavy atom. The van der Waals surface area contributed by atoms with E-state index in [4.69, 9.17) is 5.11 Å². The molecule has 2 aromatic carbocycles. The van der Waals surface area contributed by atoms with E-state index in [1.807, 2.05) is 30.3 Å². The predicted octanol–water partition coefficient (Wildman–Crippen LogP) is 3.22. The average molecular weight is 286 g/mol. The van der Waals surface area contributed by atoms with Gasteiger partial charge in [0.05, 0.1) is 17.4 Å². The quantitative estimate of drug-likeness (QED) is 0.628. The fourth-order valence-corrected chi connectivity index (χ4v) is 1.99. The van der Waals surface area contributed by atoms with Crippen molar-refractivity contribution in [3.05, 3.63) is 70.3 Å². The molecule has 6 nitrogen and oxygen atoms in total. The van der Waals surface area contributed by atoms with Crippen molar-refractivity contribution in [1.82, 2.24) is 0 Å². The lowest BCUT2D eigenvalue weighted by Crippen LogP contribution is -2.15. The Bertz CT molecular complexity index is 626. The normalized spacial score (nSPS) is 11.6. The molecule has 2 aromatic rings. The van der Waals surface area contributed by atoms with Crippen LogP contribution in [-0.4, -0.2) is 16.0 Å². The zero-order chi connectivity index (χ0) is 15.2. The Morgan fingerprint density at radius 1 is 1.14 bits per heavy atom. The molecule has 0 heterocycles. The highest BCUT2D eigenvalue weighted by molar-refractivity contribution is 5.69. The molecule has 0 saturated heterocycles. The fourth-order valence-electron chi connectivity index (χ4n) is 1.99. The molecular formula is C15H14N2O4. The van der Waals surface area contributed by atoms with Gasteiger partial charge in [-0.3, -0.25) is 14.9 Å². The van der Waals surface area contributed by atoms with Gasteiger partial charge in [0.25, 0.3) is 5.69 Å². The summed E-state index contributed by atoms with van der Waals surface area (Å²) in [6.45, 7) is 0. The second-order valence-electron chi connectivity index (χ2n) is 4.51. The van der Waals surface area contributed by atoms with Crippen molar-refractivity contribution in [2.24, 2.45) is 0 Å². The molecule has 0 aliphatic carbocycles. The fraction of sp³-hybridized carbons (Fsp3) is 0.133. The third-order valence-corrected chi connectivity index (χ3v) is 3.00. The average Bonchev–Trinajstić information content (AvgIpc) is 2.47. The Hall–Kier alpha value is -2.89. The summed E-state index contributed by atoms with van der Waals surface area (Å²) in [5, 5.41) is 22.7. The van der Waals surface area contributed by atoms with Crippen LogP contribution in [0, 0.1) is 10.1 Å². The van der Waals surface area contributed by atoms with Crippen molar-refractivity contribution in [2.75, 3.05) is 5.32 Å². The maximum atomic E-state index is 11.0. The molecule has 0 unspecified atom stereocenters. The number of nitro groups is 1. The minimum Gasteiger partial charge on any atom is -0.481 e. The largest absolute Gasteiger partial charge is 0.481 e. The number of nitrogens with one attached hydrogen (secondary N) is 1. The molecule has 21 heavy (non-hydrogen) atoms. The van der Waals surface area contributed by atoms with Gasteiger partial charge in [-0.25, -0.2) is 0 Å². The molecule has 0 aliphatic rings. The van der Waals surface area contributed by atoms with Gasteiger partial charge in [-0.15, -0.1) is 0 Å². The van der Waals surface area contributed by atoms with Gasteiger partial charge in [0, 0.05) is 17.8 Å². The first-order valence-electron chi connectivity index (χ1n) is 6.34. The molecule has 0 bridgehead atoms. The molecule has 0 aromatic heterocycles. The molecule has 2 N–H and O–H groups in total. The Morgan fingerprint density at radius 3 is 2.29 bits per heavy atom. The second-order valence-corrected chi connectivity index (χ2v) is 4.51. The highest BCUT2D eigenvalue weighted by Gasteiger charge is 2.15. The van der Waals surface area contributed by atoms with Gasteiger partial charge < -0.3 is 10.4 Å². The van der Waals surface area contributed by atoms with E-state index < -0.39 is 16.9 Å². The molecule has 0 saturated carbocycles. The summed E-state index contributed by atoms with van der Waals surface area (Å²) in [6.07, 6.45) is -0.0823. The van der Waals surface area contributed by atoms with E-state index in [1.165, 1.54) is 12.1 Å². The minimum absolute atomic E-state index is 0.00459. The summed E-state index contributed by atoms with van der Waals surface area (Å²) in [5.74, 6) is -0.918. The molecule has 0 spiro atoms. The minimum atomic E-state index is -0.918. The van der Waals surface area contributed by atoms with Gasteiger partial charge in [0.1, 0.15) is 0 Å². The molecule has 0 fully saturated rings. The van der Waals surface area contributed by atoms with E-state index in [1.54, 1.807) is 12.1 Å². The van der Waals surface area contributed by atoms with Crippen LogP contribution in [0.4, 0.5) is 11.4 Å². The number of carboxylic acid groups (broad SMARTS) is 1. The number of rotatable bonds is 6. The van der Waals surface area contributed by atoms with Gasteiger partial charge in [0.2, 0.25) is 0 Å². The highest BCUT2D eigenvalue weighted by atomic mass is 16.6. The summed E-state index contributed by atoms with van der Waals surface area (Å²) in [6, 6.07) is 14.7. The van der Waals surface area contributed by atoms with E-state index in [2.05, 4.69) is 5.32 Å². The summed E-state index contributed by atoms with van der Waals surface area (Å²) in [5.41, 5.74) is 1.48. The van der Waals surface area contributed by atoms with Gasteiger partial charge in [-0.05, 0) is 17.7 Å². The first-order valence-corrected chi connectivity index (χ1v) is 6.34. The maximum Gasteiger partial charge on any atom is 0.305 e. The predicted molar refractivity (Wildman–Crippen MR) is 78.2 cm³/mol. The Labute approximate surface area is 121 Å².